The summed E-state index contributed by atoms with van der Waals surface area (Å²) in [5.74, 6) is -0.890. The SMILES string of the molecule is C=C(CCCCCCCCCCCCCCCCCC)C(=O)OC1(C=C(C)C(=O)O)C[C@H]2CC[C@@]1(C)C2(C)C. The summed E-state index contributed by atoms with van der Waals surface area (Å²) in [5, 5.41) is 9.57. The maximum absolute atomic E-state index is 13.2. The normalized spacial score (nSPS) is 25.7. The fourth-order valence-corrected chi connectivity index (χ4v) is 7.34. The Morgan fingerprint density at radius 2 is 1.31 bits per heavy atom. The summed E-state index contributed by atoms with van der Waals surface area (Å²) < 4.78 is 6.26. The summed E-state index contributed by atoms with van der Waals surface area (Å²) in [4.78, 5) is 24.8. The lowest BCUT2D eigenvalue weighted by atomic mass is 9.64. The number of unbranched alkanes of at least 4 members (excludes halogenated alkanes) is 15. The minimum atomic E-state index is -0.957. The zero-order valence-corrected chi connectivity index (χ0v) is 26.2. The van der Waals surface area contributed by atoms with E-state index in [1.165, 1.54) is 89.9 Å². The molecule has 224 valence electrons. The minimum absolute atomic E-state index is 0.0161. The monoisotopic (exact) mass is 544 g/mol. The molecule has 4 heteroatoms. The van der Waals surface area contributed by atoms with Crippen molar-refractivity contribution >= 4 is 11.9 Å². The van der Waals surface area contributed by atoms with Gasteiger partial charge in [0, 0.05) is 16.6 Å². The van der Waals surface area contributed by atoms with Crippen LogP contribution in [-0.2, 0) is 14.3 Å². The third-order valence-corrected chi connectivity index (χ3v) is 10.6. The van der Waals surface area contributed by atoms with Crippen LogP contribution in [-0.4, -0.2) is 22.6 Å². The molecule has 0 radical (unpaired) electrons. The van der Waals surface area contributed by atoms with Crippen molar-refractivity contribution in [1.29, 1.82) is 0 Å². The van der Waals surface area contributed by atoms with Crippen molar-refractivity contribution in [2.75, 3.05) is 0 Å². The number of hydrogen-bond acceptors (Lipinski definition) is 3. The first kappa shape index (κ1) is 33.6. The smallest absolute Gasteiger partial charge is 0.334 e. The summed E-state index contributed by atoms with van der Waals surface area (Å²) in [5.41, 5.74) is -0.416. The molecule has 0 aromatic rings. The minimum Gasteiger partial charge on any atom is -0.478 e. The van der Waals surface area contributed by atoms with E-state index < -0.39 is 11.6 Å². The van der Waals surface area contributed by atoms with E-state index in [4.69, 9.17) is 4.74 Å². The zero-order chi connectivity index (χ0) is 28.9. The molecule has 0 saturated heterocycles. The average Bonchev–Trinajstić information content (AvgIpc) is 3.20. The van der Waals surface area contributed by atoms with Crippen molar-refractivity contribution in [2.24, 2.45) is 16.7 Å². The first-order valence-corrected chi connectivity index (χ1v) is 16.3. The number of rotatable bonds is 21. The van der Waals surface area contributed by atoms with Gasteiger partial charge in [-0.1, -0.05) is 131 Å². The highest BCUT2D eigenvalue weighted by Gasteiger charge is 2.70. The molecule has 0 spiro atoms. The number of carbonyl (C=O) groups excluding carboxylic acids is 1. The third kappa shape index (κ3) is 8.95. The van der Waals surface area contributed by atoms with Crippen LogP contribution in [0.2, 0.25) is 0 Å². The van der Waals surface area contributed by atoms with Crippen molar-refractivity contribution < 1.29 is 19.4 Å². The maximum atomic E-state index is 13.2. The Kier molecular flexibility index (Phi) is 13.8. The van der Waals surface area contributed by atoms with Crippen molar-refractivity contribution in [3.63, 3.8) is 0 Å². The van der Waals surface area contributed by atoms with Gasteiger partial charge in [0.25, 0.3) is 0 Å². The van der Waals surface area contributed by atoms with E-state index in [1.54, 1.807) is 13.0 Å². The fraction of sp³-hybridized carbons (Fsp3) is 0.829. The quantitative estimate of drug-likeness (QED) is 0.0886. The van der Waals surface area contributed by atoms with Crippen molar-refractivity contribution in [3.05, 3.63) is 23.8 Å². The second kappa shape index (κ2) is 16.0. The maximum Gasteiger partial charge on any atom is 0.334 e. The topological polar surface area (TPSA) is 63.6 Å². The second-order valence-corrected chi connectivity index (χ2v) is 13.6. The van der Waals surface area contributed by atoms with Crippen molar-refractivity contribution in [2.45, 2.75) is 169 Å². The lowest BCUT2D eigenvalue weighted by Gasteiger charge is -2.46. The molecule has 0 heterocycles. The summed E-state index contributed by atoms with van der Waals surface area (Å²) in [6, 6.07) is 0. The van der Waals surface area contributed by atoms with E-state index in [1.807, 2.05) is 0 Å². The van der Waals surface area contributed by atoms with E-state index >= 15 is 0 Å². The van der Waals surface area contributed by atoms with E-state index in [0.29, 0.717) is 24.3 Å². The van der Waals surface area contributed by atoms with E-state index in [9.17, 15) is 14.7 Å². The van der Waals surface area contributed by atoms with Crippen LogP contribution < -0.4 is 0 Å². The molecule has 1 unspecified atom stereocenters. The molecule has 3 atom stereocenters. The number of carboxylic acids is 1. The molecule has 0 amide bonds. The molecule has 2 aliphatic carbocycles. The predicted molar refractivity (Wildman–Crippen MR) is 163 cm³/mol. The zero-order valence-electron chi connectivity index (χ0n) is 26.2. The lowest BCUT2D eigenvalue weighted by molar-refractivity contribution is -0.164. The Labute approximate surface area is 240 Å². The molecule has 39 heavy (non-hydrogen) atoms. The van der Waals surface area contributed by atoms with Crippen LogP contribution in [0.25, 0.3) is 0 Å². The third-order valence-electron chi connectivity index (χ3n) is 10.6. The van der Waals surface area contributed by atoms with Crippen LogP contribution in [0.5, 0.6) is 0 Å². The number of esters is 1. The van der Waals surface area contributed by atoms with Crippen LogP contribution in [0.4, 0.5) is 0 Å². The highest BCUT2D eigenvalue weighted by atomic mass is 16.6. The van der Waals surface area contributed by atoms with Gasteiger partial charge in [-0.05, 0) is 56.4 Å². The van der Waals surface area contributed by atoms with Gasteiger partial charge < -0.3 is 9.84 Å². The van der Waals surface area contributed by atoms with Gasteiger partial charge in [-0.3, -0.25) is 0 Å². The van der Waals surface area contributed by atoms with Gasteiger partial charge in [0.2, 0.25) is 0 Å². The highest BCUT2D eigenvalue weighted by Crippen LogP contribution is 2.71. The van der Waals surface area contributed by atoms with Gasteiger partial charge in [0.05, 0.1) is 0 Å². The van der Waals surface area contributed by atoms with Crippen LogP contribution >= 0.6 is 0 Å². The molecule has 0 aromatic heterocycles. The molecule has 4 nitrogen and oxygen atoms in total. The molecule has 2 bridgehead atoms. The van der Waals surface area contributed by atoms with Gasteiger partial charge >= 0.3 is 11.9 Å². The van der Waals surface area contributed by atoms with Crippen molar-refractivity contribution in [3.8, 4) is 0 Å². The molecule has 1 N–H and O–H groups in total. The van der Waals surface area contributed by atoms with Gasteiger partial charge in [-0.15, -0.1) is 0 Å². The van der Waals surface area contributed by atoms with E-state index in [0.717, 1.165) is 25.7 Å². The Bertz CT molecular complexity index is 825. The number of ether oxygens (including phenoxy) is 1. The van der Waals surface area contributed by atoms with Gasteiger partial charge in [0.1, 0.15) is 5.60 Å². The van der Waals surface area contributed by atoms with Crippen LogP contribution in [0.1, 0.15) is 163 Å². The van der Waals surface area contributed by atoms with Crippen molar-refractivity contribution in [1.82, 2.24) is 0 Å². The summed E-state index contributed by atoms with van der Waals surface area (Å²) in [6.45, 7) is 14.6. The average molecular weight is 545 g/mol. The number of hydrogen-bond donors (Lipinski definition) is 1. The Morgan fingerprint density at radius 1 is 0.846 bits per heavy atom. The first-order valence-electron chi connectivity index (χ1n) is 16.3. The number of carboxylic acid groups (broad SMARTS) is 1. The van der Waals surface area contributed by atoms with Crippen LogP contribution in [0, 0.1) is 16.7 Å². The number of fused-ring (bicyclic) bond motifs is 2. The highest BCUT2D eigenvalue weighted by molar-refractivity contribution is 5.89. The van der Waals surface area contributed by atoms with Crippen LogP contribution in [0.15, 0.2) is 23.8 Å². The predicted octanol–water partition coefficient (Wildman–Crippen LogP) is 10.4. The molecule has 0 aliphatic heterocycles. The standard InChI is InChI=1S/C35H60O4/c1-7-8-9-10-11-12-13-14-15-16-17-18-19-20-21-22-23-28(2)32(38)39-35(26-29(3)31(36)37)27-30-24-25-34(35,6)33(30,4)5/h26,30H,2,7-25,27H2,1,3-6H3,(H,36,37)/t30-,34+,35?/m1/s1. The Morgan fingerprint density at radius 3 is 1.69 bits per heavy atom. The Hall–Kier alpha value is -1.58. The van der Waals surface area contributed by atoms with Gasteiger partial charge in [-0.25, -0.2) is 9.59 Å². The van der Waals surface area contributed by atoms with Gasteiger partial charge in [-0.2, -0.15) is 0 Å². The fourth-order valence-electron chi connectivity index (χ4n) is 7.34. The molecule has 2 saturated carbocycles. The molecular formula is C35H60O4. The molecular weight excluding hydrogens is 484 g/mol. The summed E-state index contributed by atoms with van der Waals surface area (Å²) in [6.07, 6.45) is 26.3. The Balaban J connectivity index is 1.64. The number of carbonyl (C=O) groups is 2. The number of aliphatic carboxylic acids is 1. The molecule has 2 aliphatic rings. The van der Waals surface area contributed by atoms with E-state index in [-0.39, 0.29) is 22.4 Å². The molecule has 2 rings (SSSR count). The lowest BCUT2D eigenvalue weighted by Crippen LogP contribution is -2.49. The summed E-state index contributed by atoms with van der Waals surface area (Å²) in [7, 11) is 0. The van der Waals surface area contributed by atoms with Crippen LogP contribution in [0.3, 0.4) is 0 Å². The first-order chi connectivity index (χ1) is 18.5. The summed E-state index contributed by atoms with van der Waals surface area (Å²) >= 11 is 0. The second-order valence-electron chi connectivity index (χ2n) is 13.6. The largest absolute Gasteiger partial charge is 0.478 e. The van der Waals surface area contributed by atoms with Gasteiger partial charge in [0.15, 0.2) is 0 Å². The van der Waals surface area contributed by atoms with E-state index in [2.05, 4.69) is 34.3 Å². The molecule has 0 aromatic carbocycles. The molecule has 2 fully saturated rings.